The smallest absolute Gasteiger partial charge is 0.355 e. The molecule has 1 atom stereocenters. The summed E-state index contributed by atoms with van der Waals surface area (Å²) in [6, 6.07) is 6.70. The highest BCUT2D eigenvalue weighted by Gasteiger charge is 2.41. The Kier molecular flexibility index (Phi) is 7.10. The molecule has 27 heavy (non-hydrogen) atoms. The van der Waals surface area contributed by atoms with Crippen molar-refractivity contribution in [1.82, 2.24) is 15.1 Å². The summed E-state index contributed by atoms with van der Waals surface area (Å²) >= 11 is 0. The Hall–Kier alpha value is -1.81. The number of benzene rings is 1. The van der Waals surface area contributed by atoms with Gasteiger partial charge in [-0.3, -0.25) is 9.89 Å². The Balaban J connectivity index is 1.85. The van der Waals surface area contributed by atoms with E-state index in [1.54, 1.807) is 37.4 Å². The van der Waals surface area contributed by atoms with Crippen molar-refractivity contribution < 1.29 is 21.6 Å². The molecule has 1 aliphatic rings. The Morgan fingerprint density at radius 3 is 2.30 bits per heavy atom. The first-order valence-electron chi connectivity index (χ1n) is 8.69. The van der Waals surface area contributed by atoms with Gasteiger partial charge in [-0.05, 0) is 19.1 Å². The lowest BCUT2D eigenvalue weighted by Crippen LogP contribution is -2.57. The minimum absolute atomic E-state index is 0.0961. The van der Waals surface area contributed by atoms with Gasteiger partial charge in [0, 0.05) is 39.8 Å². The molecule has 0 bridgehead atoms. The van der Waals surface area contributed by atoms with Gasteiger partial charge in [-0.15, -0.1) is 0 Å². The maximum absolute atomic E-state index is 12.8. The summed E-state index contributed by atoms with van der Waals surface area (Å²) in [5.41, 5.74) is 0. The fraction of sp³-hybridized carbons (Fsp3) is 0.588. The van der Waals surface area contributed by atoms with Crippen LogP contribution >= 0.6 is 0 Å². The minimum atomic E-state index is -4.24. The average Bonchev–Trinajstić information content (AvgIpc) is 2.65. The number of alkyl halides is 3. The highest BCUT2D eigenvalue weighted by Crippen LogP contribution is 2.25. The zero-order valence-electron chi connectivity index (χ0n) is 15.4. The van der Waals surface area contributed by atoms with Crippen molar-refractivity contribution in [3.63, 3.8) is 0 Å². The average molecular weight is 406 g/mol. The number of hydrogen-bond donors (Lipinski definition) is 1. The number of rotatable bonds is 5. The second-order valence-electron chi connectivity index (χ2n) is 6.35. The second kappa shape index (κ2) is 8.92. The number of halogens is 3. The van der Waals surface area contributed by atoms with Crippen LogP contribution in [0, 0.1) is 0 Å². The lowest BCUT2D eigenvalue weighted by Gasteiger charge is -2.39. The van der Waals surface area contributed by atoms with Crippen LogP contribution in [0.1, 0.15) is 6.92 Å². The number of sulfone groups is 1. The lowest BCUT2D eigenvalue weighted by atomic mass is 10.2. The molecule has 1 aromatic carbocycles. The van der Waals surface area contributed by atoms with E-state index in [1.807, 2.05) is 4.90 Å². The van der Waals surface area contributed by atoms with Crippen LogP contribution < -0.4 is 5.32 Å². The van der Waals surface area contributed by atoms with Gasteiger partial charge in [0.25, 0.3) is 0 Å². The summed E-state index contributed by atoms with van der Waals surface area (Å²) in [5, 5.41) is 3.00. The van der Waals surface area contributed by atoms with E-state index in [4.69, 9.17) is 0 Å². The maximum Gasteiger partial charge on any atom is 0.403 e. The predicted molar refractivity (Wildman–Crippen MR) is 98.5 cm³/mol. The number of guanidine groups is 1. The van der Waals surface area contributed by atoms with Gasteiger partial charge in [0.1, 0.15) is 6.04 Å². The summed E-state index contributed by atoms with van der Waals surface area (Å²) in [6.07, 6.45) is -4.24. The van der Waals surface area contributed by atoms with E-state index < -0.39 is 22.1 Å². The molecule has 1 unspecified atom stereocenters. The molecule has 10 heteroatoms. The number of nitrogens with one attached hydrogen (secondary N) is 1. The number of aliphatic imine (C=N–C) groups is 1. The molecule has 2 rings (SSSR count). The van der Waals surface area contributed by atoms with Crippen molar-refractivity contribution >= 4 is 15.8 Å². The highest BCUT2D eigenvalue weighted by molar-refractivity contribution is 7.91. The topological polar surface area (TPSA) is 65.0 Å². The van der Waals surface area contributed by atoms with Gasteiger partial charge in [-0.2, -0.15) is 13.2 Å². The molecule has 1 N–H and O–H groups in total. The zero-order valence-corrected chi connectivity index (χ0v) is 16.2. The molecule has 1 fully saturated rings. The first-order valence-corrected chi connectivity index (χ1v) is 10.3. The van der Waals surface area contributed by atoms with Crippen LogP contribution in [0.3, 0.4) is 0 Å². The Morgan fingerprint density at radius 2 is 1.78 bits per heavy atom. The summed E-state index contributed by atoms with van der Waals surface area (Å²) < 4.78 is 63.0. The van der Waals surface area contributed by atoms with Crippen LogP contribution in [0.15, 0.2) is 40.2 Å². The van der Waals surface area contributed by atoms with Crippen LogP contribution in [-0.4, -0.2) is 81.9 Å². The quantitative estimate of drug-likeness (QED) is 0.595. The molecule has 1 heterocycles. The van der Waals surface area contributed by atoms with Gasteiger partial charge >= 0.3 is 6.18 Å². The van der Waals surface area contributed by atoms with Gasteiger partial charge in [0.15, 0.2) is 15.8 Å². The first-order chi connectivity index (χ1) is 12.6. The van der Waals surface area contributed by atoms with Gasteiger partial charge in [-0.1, -0.05) is 18.2 Å². The number of piperazine rings is 1. The molecule has 1 aliphatic heterocycles. The second-order valence-corrected chi connectivity index (χ2v) is 8.46. The summed E-state index contributed by atoms with van der Waals surface area (Å²) in [6.45, 7) is 2.66. The monoisotopic (exact) mass is 406 g/mol. The van der Waals surface area contributed by atoms with E-state index in [0.717, 1.165) is 6.92 Å². The van der Waals surface area contributed by atoms with Crippen molar-refractivity contribution in [1.29, 1.82) is 0 Å². The van der Waals surface area contributed by atoms with Crippen LogP contribution in [0.5, 0.6) is 0 Å². The first kappa shape index (κ1) is 21.5. The molecule has 0 spiro atoms. The molecule has 0 aliphatic carbocycles. The van der Waals surface area contributed by atoms with Gasteiger partial charge in [-0.25, -0.2) is 8.42 Å². The summed E-state index contributed by atoms with van der Waals surface area (Å²) in [4.78, 5) is 7.61. The molecule has 0 amide bonds. The third-order valence-corrected chi connectivity index (χ3v) is 6.34. The van der Waals surface area contributed by atoms with Crippen molar-refractivity contribution in [3.8, 4) is 0 Å². The van der Waals surface area contributed by atoms with E-state index in [2.05, 4.69) is 10.3 Å². The Morgan fingerprint density at radius 1 is 1.19 bits per heavy atom. The third kappa shape index (κ3) is 5.83. The molecular formula is C17H25F3N4O2S. The van der Waals surface area contributed by atoms with Crippen molar-refractivity contribution in [2.45, 2.75) is 24.0 Å². The maximum atomic E-state index is 12.8. The van der Waals surface area contributed by atoms with Gasteiger partial charge in [0.2, 0.25) is 0 Å². The Labute approximate surface area is 158 Å². The molecule has 152 valence electrons. The minimum Gasteiger partial charge on any atom is -0.355 e. The van der Waals surface area contributed by atoms with Crippen molar-refractivity contribution in [3.05, 3.63) is 30.3 Å². The molecule has 6 nitrogen and oxygen atoms in total. The molecular weight excluding hydrogens is 381 g/mol. The van der Waals surface area contributed by atoms with Crippen LogP contribution in [0.25, 0.3) is 0 Å². The summed E-state index contributed by atoms with van der Waals surface area (Å²) in [5.74, 6) is 0.402. The molecule has 1 saturated heterocycles. The number of hydrogen-bond acceptors (Lipinski definition) is 4. The number of nitrogens with zero attached hydrogens (tertiary/aromatic N) is 3. The van der Waals surface area contributed by atoms with Crippen LogP contribution in [-0.2, 0) is 9.84 Å². The Bertz CT molecular complexity index is 730. The fourth-order valence-corrected chi connectivity index (χ4v) is 4.08. The van der Waals surface area contributed by atoms with E-state index in [1.165, 1.54) is 4.90 Å². The largest absolute Gasteiger partial charge is 0.403 e. The van der Waals surface area contributed by atoms with E-state index in [9.17, 15) is 21.6 Å². The lowest BCUT2D eigenvalue weighted by molar-refractivity contribution is -0.181. The van der Waals surface area contributed by atoms with Gasteiger partial charge < -0.3 is 10.2 Å². The van der Waals surface area contributed by atoms with Crippen molar-refractivity contribution in [2.75, 3.05) is 45.5 Å². The summed E-state index contributed by atoms with van der Waals surface area (Å²) in [7, 11) is -1.83. The van der Waals surface area contributed by atoms with E-state index >= 15 is 0 Å². The van der Waals surface area contributed by atoms with Crippen LogP contribution in [0.2, 0.25) is 0 Å². The van der Waals surface area contributed by atoms with E-state index in [-0.39, 0.29) is 30.3 Å². The van der Waals surface area contributed by atoms with Crippen molar-refractivity contribution in [2.24, 2.45) is 4.99 Å². The molecule has 1 aromatic rings. The fourth-order valence-electron chi connectivity index (χ4n) is 2.90. The predicted octanol–water partition coefficient (Wildman–Crippen LogP) is 1.60. The zero-order chi connectivity index (χ0) is 20.1. The van der Waals surface area contributed by atoms with E-state index in [0.29, 0.717) is 19.0 Å². The SMILES string of the molecule is CN=C(NCCS(=O)(=O)c1ccccc1)N1CCN(C(C)C(F)(F)F)CC1. The molecule has 0 radical (unpaired) electrons. The van der Waals surface area contributed by atoms with Crippen LogP contribution in [0.4, 0.5) is 13.2 Å². The normalized spacial score (nSPS) is 18.4. The standard InChI is InChI=1S/C17H25F3N4O2S/c1-14(17(18,19)20)23-9-11-24(12-10-23)16(21-2)22-8-13-27(25,26)15-6-4-3-5-7-15/h3-7,14H,8-13H2,1-2H3,(H,21,22). The van der Waals surface area contributed by atoms with Gasteiger partial charge in [0.05, 0.1) is 10.6 Å². The highest BCUT2D eigenvalue weighted by atomic mass is 32.2. The molecule has 0 saturated carbocycles. The molecule has 0 aromatic heterocycles. The third-order valence-electron chi connectivity index (χ3n) is 4.60.